The van der Waals surface area contributed by atoms with Crippen molar-refractivity contribution in [3.05, 3.63) is 48.0 Å². The predicted octanol–water partition coefficient (Wildman–Crippen LogP) is 1.93. The van der Waals surface area contributed by atoms with E-state index in [9.17, 15) is 9.90 Å². The zero-order chi connectivity index (χ0) is 17.4. The summed E-state index contributed by atoms with van der Waals surface area (Å²) >= 11 is 0. The van der Waals surface area contributed by atoms with Gasteiger partial charge in [0, 0.05) is 38.6 Å². The maximum Gasteiger partial charge on any atom is 0.315 e. The number of hydrogen-bond acceptors (Lipinski definition) is 3. The molecule has 0 radical (unpaired) electrons. The van der Waals surface area contributed by atoms with Crippen LogP contribution < -0.4 is 10.6 Å². The Morgan fingerprint density at radius 2 is 2.00 bits per heavy atom. The maximum atomic E-state index is 12.0. The average molecular weight is 331 g/mol. The number of nitrogens with one attached hydrogen (secondary N) is 2. The summed E-state index contributed by atoms with van der Waals surface area (Å²) in [4.78, 5) is 14.3. The summed E-state index contributed by atoms with van der Waals surface area (Å²) in [5.41, 5.74) is 2.24. The van der Waals surface area contributed by atoms with E-state index < -0.39 is 6.10 Å². The Balaban J connectivity index is 1.62. The molecule has 0 aliphatic carbocycles. The number of carbonyl (C=O) groups excluding carboxylic acids is 1. The Morgan fingerprint density at radius 1 is 1.33 bits per heavy atom. The van der Waals surface area contributed by atoms with E-state index in [4.69, 9.17) is 0 Å². The molecule has 1 aromatic carbocycles. The second-order valence-corrected chi connectivity index (χ2v) is 6.71. The lowest BCUT2D eigenvalue weighted by Gasteiger charge is -2.32. The molecule has 1 unspecified atom stereocenters. The van der Waals surface area contributed by atoms with E-state index in [1.807, 2.05) is 37.3 Å². The van der Waals surface area contributed by atoms with Crippen molar-refractivity contribution in [2.75, 3.05) is 26.2 Å². The quantitative estimate of drug-likeness (QED) is 0.669. The highest BCUT2D eigenvalue weighted by molar-refractivity contribution is 5.74. The molecule has 24 heavy (non-hydrogen) atoms. The van der Waals surface area contributed by atoms with Gasteiger partial charge in [-0.1, -0.05) is 42.5 Å². The van der Waals surface area contributed by atoms with E-state index in [-0.39, 0.29) is 18.6 Å². The molecule has 0 aromatic heterocycles. The van der Waals surface area contributed by atoms with Crippen LogP contribution in [0.4, 0.5) is 4.79 Å². The highest BCUT2D eigenvalue weighted by Gasteiger charge is 2.20. The molecule has 1 aromatic rings. The predicted molar refractivity (Wildman–Crippen MR) is 97.0 cm³/mol. The number of nitrogens with zero attached hydrogens (tertiary/aromatic N) is 1. The summed E-state index contributed by atoms with van der Waals surface area (Å²) < 4.78 is 0. The number of rotatable bonds is 7. The van der Waals surface area contributed by atoms with Crippen LogP contribution in [-0.4, -0.2) is 54.4 Å². The Bertz CT molecular complexity index is 525. The molecule has 2 rings (SSSR count). The van der Waals surface area contributed by atoms with Crippen LogP contribution in [0.2, 0.25) is 0 Å². The molecule has 1 fully saturated rings. The van der Waals surface area contributed by atoms with Gasteiger partial charge in [-0.25, -0.2) is 4.79 Å². The third-order valence-electron chi connectivity index (χ3n) is 4.23. The van der Waals surface area contributed by atoms with E-state index in [2.05, 4.69) is 22.1 Å². The zero-order valence-corrected chi connectivity index (χ0v) is 14.5. The molecule has 1 atom stereocenters. The highest BCUT2D eigenvalue weighted by Crippen LogP contribution is 2.11. The molecular formula is C19H29N3O2. The van der Waals surface area contributed by atoms with Gasteiger partial charge in [-0.15, -0.1) is 0 Å². The molecule has 2 amide bonds. The van der Waals surface area contributed by atoms with Crippen molar-refractivity contribution in [2.24, 2.45) is 0 Å². The van der Waals surface area contributed by atoms with E-state index in [0.29, 0.717) is 6.42 Å². The van der Waals surface area contributed by atoms with Gasteiger partial charge < -0.3 is 15.7 Å². The first-order chi connectivity index (χ1) is 11.5. The fourth-order valence-corrected chi connectivity index (χ4v) is 3.02. The first kappa shape index (κ1) is 18.5. The smallest absolute Gasteiger partial charge is 0.315 e. The Kier molecular flexibility index (Phi) is 7.28. The van der Waals surface area contributed by atoms with E-state index in [1.54, 1.807) is 0 Å². The lowest BCUT2D eigenvalue weighted by atomic mass is 10.0. The van der Waals surface area contributed by atoms with Gasteiger partial charge >= 0.3 is 6.03 Å². The normalized spacial score (nSPS) is 17.2. The number of aliphatic hydroxyl groups excluding tert-OH is 1. The summed E-state index contributed by atoms with van der Waals surface area (Å²) in [5.74, 6) is 0. The Morgan fingerprint density at radius 3 is 2.62 bits per heavy atom. The van der Waals surface area contributed by atoms with Crippen molar-refractivity contribution in [3.8, 4) is 0 Å². The molecule has 5 nitrogen and oxygen atoms in total. The van der Waals surface area contributed by atoms with Crippen LogP contribution in [0.15, 0.2) is 42.5 Å². The molecule has 0 bridgehead atoms. The largest absolute Gasteiger partial charge is 0.391 e. The number of piperidine rings is 1. The number of aliphatic hydroxyl groups is 1. The third kappa shape index (κ3) is 6.72. The van der Waals surface area contributed by atoms with E-state index in [1.165, 1.54) is 5.57 Å². The van der Waals surface area contributed by atoms with Crippen LogP contribution in [0.25, 0.3) is 0 Å². The lowest BCUT2D eigenvalue weighted by molar-refractivity contribution is 0.167. The van der Waals surface area contributed by atoms with Gasteiger partial charge in [-0.2, -0.15) is 0 Å². The van der Waals surface area contributed by atoms with Gasteiger partial charge in [-0.05, 0) is 25.3 Å². The number of benzene rings is 1. The number of urea groups is 1. The van der Waals surface area contributed by atoms with E-state index in [0.717, 1.165) is 38.0 Å². The minimum absolute atomic E-state index is 0.194. The van der Waals surface area contributed by atoms with Gasteiger partial charge in [0.1, 0.15) is 0 Å². The SMILES string of the molecule is C=C(C)CN1CCC(NC(=O)NCC(O)Cc2ccccc2)CC1. The first-order valence-corrected chi connectivity index (χ1v) is 8.66. The minimum Gasteiger partial charge on any atom is -0.391 e. The van der Waals surface area contributed by atoms with Crippen molar-refractivity contribution in [3.63, 3.8) is 0 Å². The van der Waals surface area contributed by atoms with Gasteiger partial charge in [0.2, 0.25) is 0 Å². The maximum absolute atomic E-state index is 12.0. The Hall–Kier alpha value is -1.85. The summed E-state index contributed by atoms with van der Waals surface area (Å²) in [5, 5.41) is 15.8. The average Bonchev–Trinajstić information content (AvgIpc) is 2.55. The van der Waals surface area contributed by atoms with Crippen molar-refractivity contribution in [1.82, 2.24) is 15.5 Å². The standard InChI is InChI=1S/C19H29N3O2/c1-15(2)14-22-10-8-17(9-11-22)21-19(24)20-13-18(23)12-16-6-4-3-5-7-16/h3-7,17-18,23H,1,8-14H2,2H3,(H2,20,21,24). The van der Waals surface area contributed by atoms with Crippen LogP contribution in [0.5, 0.6) is 0 Å². The molecule has 132 valence electrons. The monoisotopic (exact) mass is 331 g/mol. The summed E-state index contributed by atoms with van der Waals surface area (Å²) in [6, 6.07) is 9.80. The third-order valence-corrected chi connectivity index (χ3v) is 4.23. The van der Waals surface area contributed by atoms with Crippen molar-refractivity contribution in [1.29, 1.82) is 0 Å². The molecule has 5 heteroatoms. The van der Waals surface area contributed by atoms with Crippen LogP contribution in [0.1, 0.15) is 25.3 Å². The zero-order valence-electron chi connectivity index (χ0n) is 14.5. The number of hydrogen-bond donors (Lipinski definition) is 3. The topological polar surface area (TPSA) is 64.6 Å². The van der Waals surface area contributed by atoms with Crippen LogP contribution in [0, 0.1) is 0 Å². The van der Waals surface area contributed by atoms with Crippen LogP contribution >= 0.6 is 0 Å². The summed E-state index contributed by atoms with van der Waals surface area (Å²) in [6.45, 7) is 9.14. The second-order valence-electron chi connectivity index (χ2n) is 6.71. The highest BCUT2D eigenvalue weighted by atomic mass is 16.3. The van der Waals surface area contributed by atoms with Crippen molar-refractivity contribution < 1.29 is 9.90 Å². The molecule has 0 spiro atoms. The number of amides is 2. The summed E-state index contributed by atoms with van der Waals surface area (Å²) in [6.07, 6.45) is 1.87. The Labute approximate surface area is 144 Å². The van der Waals surface area contributed by atoms with E-state index >= 15 is 0 Å². The number of likely N-dealkylation sites (tertiary alicyclic amines) is 1. The number of carbonyl (C=O) groups is 1. The fraction of sp³-hybridized carbons (Fsp3) is 0.526. The minimum atomic E-state index is -0.574. The fourth-order valence-electron chi connectivity index (χ4n) is 3.02. The molecular weight excluding hydrogens is 302 g/mol. The van der Waals surface area contributed by atoms with Crippen LogP contribution in [-0.2, 0) is 6.42 Å². The van der Waals surface area contributed by atoms with Crippen LogP contribution in [0.3, 0.4) is 0 Å². The molecule has 0 saturated carbocycles. The van der Waals surface area contributed by atoms with Gasteiger partial charge in [0.15, 0.2) is 0 Å². The molecule has 1 heterocycles. The van der Waals surface area contributed by atoms with Crippen molar-refractivity contribution in [2.45, 2.75) is 38.3 Å². The first-order valence-electron chi connectivity index (χ1n) is 8.66. The van der Waals surface area contributed by atoms with Gasteiger partial charge in [0.25, 0.3) is 0 Å². The lowest BCUT2D eigenvalue weighted by Crippen LogP contribution is -2.49. The molecule has 1 aliphatic rings. The molecule has 1 aliphatic heterocycles. The molecule has 1 saturated heterocycles. The second kappa shape index (κ2) is 9.45. The molecule has 3 N–H and O–H groups in total. The van der Waals surface area contributed by atoms with Crippen molar-refractivity contribution >= 4 is 6.03 Å². The van der Waals surface area contributed by atoms with Gasteiger partial charge in [-0.3, -0.25) is 4.90 Å². The summed E-state index contributed by atoms with van der Waals surface area (Å²) in [7, 11) is 0. The van der Waals surface area contributed by atoms with Gasteiger partial charge in [0.05, 0.1) is 6.10 Å².